The highest BCUT2D eigenvalue weighted by atomic mass is 28.3. The predicted octanol–water partition coefficient (Wildman–Crippen LogP) is 19.1. The molecule has 0 heterocycles. The van der Waals surface area contributed by atoms with Gasteiger partial charge in [0.15, 0.2) is 0 Å². The minimum Gasteiger partial charge on any atom is -0.0675 e. The number of rotatable bonds is 6. The van der Waals surface area contributed by atoms with Gasteiger partial charge in [-0.2, -0.15) is 0 Å². The highest BCUT2D eigenvalue weighted by Gasteiger charge is 2.31. The lowest BCUT2D eigenvalue weighted by Crippen LogP contribution is -2.46. The maximum absolute atomic E-state index is 2.55. The topological polar surface area (TPSA) is 0 Å². The molecular weight excluding hydrogens is 825 g/mol. The smallest absolute Gasteiger partial charge is 0.0675 e. The largest absolute Gasteiger partial charge is 0.0859 e. The van der Waals surface area contributed by atoms with Crippen LogP contribution < -0.4 is 10.4 Å². The lowest BCUT2D eigenvalue weighted by Gasteiger charge is -2.32. The highest BCUT2D eigenvalue weighted by molar-refractivity contribution is 6.91. The average molecular weight is 934 g/mol. The van der Waals surface area contributed by atoms with E-state index in [1.165, 1.54) is 90.5 Å². The molecule has 0 bridgehead atoms. The van der Waals surface area contributed by atoms with Gasteiger partial charge in [-0.15, -0.1) is 0 Å². The maximum atomic E-state index is 2.55. The molecule has 0 atom stereocenters. The first kappa shape index (κ1) is 61.3. The van der Waals surface area contributed by atoms with Gasteiger partial charge in [0.1, 0.15) is 0 Å². The molecule has 2 heteroatoms. The zero-order valence-corrected chi connectivity index (χ0v) is 51.8. The molecule has 4 rings (SSSR count). The fraction of sp³-hybridized carbons (Fsp3) is 0.625. The Morgan fingerprint density at radius 2 is 0.652 bits per heavy atom. The van der Waals surface area contributed by atoms with E-state index in [2.05, 4.69) is 262 Å². The molecule has 0 saturated carbocycles. The SMILES string of the molecule is CC[Si](CC)(CC)c1cc(C)c(C)c(C(C)(C)C)c1.Cc1cc(C(C)(C)C)cc(C(C)(C)C)c1C.Cc1cc(C(C)C)cc(C(C)(C)C)c1C.Cc1cc([Si](C)(C)C)cc(C(C)(C)C)c1C. The van der Waals surface area contributed by atoms with Crippen molar-refractivity contribution in [2.45, 2.75) is 265 Å². The Balaban J connectivity index is 0.000000442. The van der Waals surface area contributed by atoms with Crippen LogP contribution in [0, 0.1) is 55.4 Å². The molecule has 0 saturated heterocycles. The van der Waals surface area contributed by atoms with E-state index in [9.17, 15) is 0 Å². The molecule has 0 aliphatic rings. The average Bonchev–Trinajstić information content (AvgIpc) is 3.15. The van der Waals surface area contributed by atoms with Crippen LogP contribution in [0.3, 0.4) is 0 Å². The fourth-order valence-electron chi connectivity index (χ4n) is 9.45. The summed E-state index contributed by atoms with van der Waals surface area (Å²) in [6.45, 7) is 71.5. The molecule has 0 aromatic heterocycles. The maximum Gasteiger partial charge on any atom is 0.0859 e. The molecule has 0 aliphatic heterocycles. The minimum atomic E-state index is -1.26. The second-order valence-electron chi connectivity index (χ2n) is 26.9. The summed E-state index contributed by atoms with van der Waals surface area (Å²) < 4.78 is 0. The minimum absolute atomic E-state index is 0.232. The van der Waals surface area contributed by atoms with Gasteiger partial charge in [0.25, 0.3) is 0 Å². The van der Waals surface area contributed by atoms with Crippen molar-refractivity contribution >= 4 is 26.5 Å². The van der Waals surface area contributed by atoms with Crippen molar-refractivity contribution in [2.75, 3.05) is 0 Å². The Bertz CT molecular complexity index is 2110. The molecule has 4 aromatic rings. The van der Waals surface area contributed by atoms with Crippen molar-refractivity contribution in [3.8, 4) is 0 Å². The van der Waals surface area contributed by atoms with E-state index in [0.717, 1.165) is 0 Å². The van der Waals surface area contributed by atoms with E-state index < -0.39 is 16.1 Å². The molecule has 0 aliphatic carbocycles. The molecule has 66 heavy (non-hydrogen) atoms. The van der Waals surface area contributed by atoms with Crippen LogP contribution in [0.15, 0.2) is 48.5 Å². The predicted molar refractivity (Wildman–Crippen MR) is 311 cm³/mol. The Morgan fingerprint density at radius 3 is 0.955 bits per heavy atom. The Labute approximate surface area is 415 Å². The van der Waals surface area contributed by atoms with E-state index in [4.69, 9.17) is 0 Å². The normalized spacial score (nSPS) is 12.8. The number of hydrogen-bond donors (Lipinski definition) is 0. The molecule has 0 spiro atoms. The summed E-state index contributed by atoms with van der Waals surface area (Å²) in [5.74, 6) is 0.616. The molecule has 0 amide bonds. The van der Waals surface area contributed by atoms with Gasteiger partial charge in [-0.25, -0.2) is 0 Å². The van der Waals surface area contributed by atoms with Crippen molar-refractivity contribution in [3.63, 3.8) is 0 Å². The lowest BCUT2D eigenvalue weighted by atomic mass is 9.77. The first-order valence-corrected chi connectivity index (χ1v) is 32.1. The van der Waals surface area contributed by atoms with Crippen LogP contribution >= 0.6 is 0 Å². The standard InChI is InChI=1S/C18H32Si.C16H26.C15H26Si.C15H24/c1-9-19(10-2,11-3)16-12-14(4)15(5)17(13-16)18(6,7)8;1-11-9-13(15(3,4)5)10-14(12(11)2)16(6,7)8;1-11-9-13(16(6,7)8)10-14(12(11)2)15(3,4)5;1-10(2)13-8-11(3)12(4)14(9-13)15(5,6)7/h12-13H,9-11H2,1-8H3;2*9-10H,1-8H3;8-10H,1-7H3. The molecule has 4 aromatic carbocycles. The Hall–Kier alpha value is -2.69. The number of aryl methyl sites for hydroxylation is 4. The number of benzene rings is 4. The first-order valence-electron chi connectivity index (χ1n) is 26.0. The van der Waals surface area contributed by atoms with Gasteiger partial charge in [0, 0.05) is 0 Å². The molecule has 0 unspecified atom stereocenters. The van der Waals surface area contributed by atoms with Crippen LogP contribution in [0.1, 0.15) is 222 Å². The summed E-state index contributed by atoms with van der Waals surface area (Å²) in [4.78, 5) is 0. The van der Waals surface area contributed by atoms with Crippen LogP contribution in [0.4, 0.5) is 0 Å². The van der Waals surface area contributed by atoms with Crippen molar-refractivity contribution in [2.24, 2.45) is 0 Å². The van der Waals surface area contributed by atoms with Gasteiger partial charge in [-0.05, 0) is 166 Å². The lowest BCUT2D eigenvalue weighted by molar-refractivity contribution is 0.564. The summed E-state index contributed by atoms with van der Waals surface area (Å²) in [5, 5.41) is 3.27. The van der Waals surface area contributed by atoms with E-state index in [1.807, 2.05) is 0 Å². The van der Waals surface area contributed by atoms with Gasteiger partial charge in [0.2, 0.25) is 0 Å². The summed E-state index contributed by atoms with van der Waals surface area (Å²) >= 11 is 0. The van der Waals surface area contributed by atoms with Gasteiger partial charge in [-0.1, -0.05) is 235 Å². The van der Waals surface area contributed by atoms with Crippen molar-refractivity contribution in [3.05, 3.63) is 126 Å². The third kappa shape index (κ3) is 16.5. The zero-order chi connectivity index (χ0) is 52.1. The third-order valence-electron chi connectivity index (χ3n) is 15.0. The van der Waals surface area contributed by atoms with Gasteiger partial charge in [0.05, 0.1) is 16.1 Å². The summed E-state index contributed by atoms with van der Waals surface area (Å²) in [6, 6.07) is 23.4. The molecular formula is C64H108Si2. The molecule has 0 nitrogen and oxygen atoms in total. The molecule has 0 radical (unpaired) electrons. The van der Waals surface area contributed by atoms with Crippen LogP contribution in [0.2, 0.25) is 37.8 Å². The zero-order valence-electron chi connectivity index (χ0n) is 49.8. The van der Waals surface area contributed by atoms with Crippen molar-refractivity contribution < 1.29 is 0 Å². The van der Waals surface area contributed by atoms with Crippen LogP contribution in [-0.4, -0.2) is 16.1 Å². The second kappa shape index (κ2) is 22.8. The van der Waals surface area contributed by atoms with Crippen LogP contribution in [0.5, 0.6) is 0 Å². The summed E-state index contributed by atoms with van der Waals surface area (Å²) in [5.41, 5.74) is 21.8. The van der Waals surface area contributed by atoms with Crippen molar-refractivity contribution in [1.29, 1.82) is 0 Å². The molecule has 0 N–H and O–H groups in total. The van der Waals surface area contributed by atoms with E-state index in [1.54, 1.807) is 15.9 Å². The van der Waals surface area contributed by atoms with Crippen LogP contribution in [0.25, 0.3) is 0 Å². The van der Waals surface area contributed by atoms with E-state index >= 15 is 0 Å². The van der Waals surface area contributed by atoms with Gasteiger partial charge >= 0.3 is 0 Å². The fourth-order valence-corrected chi connectivity index (χ4v) is 14.4. The van der Waals surface area contributed by atoms with E-state index in [-0.39, 0.29) is 27.1 Å². The third-order valence-corrected chi connectivity index (χ3v) is 22.6. The summed E-state index contributed by atoms with van der Waals surface area (Å²) in [7, 11) is -2.46. The first-order chi connectivity index (χ1) is 29.5. The summed E-state index contributed by atoms with van der Waals surface area (Å²) in [6.07, 6.45) is 0. The quantitative estimate of drug-likeness (QED) is 0.169. The van der Waals surface area contributed by atoms with Gasteiger partial charge in [-0.3, -0.25) is 0 Å². The van der Waals surface area contributed by atoms with E-state index in [0.29, 0.717) is 5.92 Å². The molecule has 372 valence electrons. The Morgan fingerprint density at radius 1 is 0.364 bits per heavy atom. The second-order valence-corrected chi connectivity index (χ2v) is 37.2. The molecule has 0 fully saturated rings. The monoisotopic (exact) mass is 933 g/mol. The Kier molecular flexibility index (Phi) is 21.2. The van der Waals surface area contributed by atoms with Gasteiger partial charge < -0.3 is 0 Å². The van der Waals surface area contributed by atoms with Crippen LogP contribution in [-0.2, 0) is 27.1 Å². The number of hydrogen-bond acceptors (Lipinski definition) is 0. The highest BCUT2D eigenvalue weighted by Crippen LogP contribution is 2.35. The van der Waals surface area contributed by atoms with Crippen molar-refractivity contribution in [1.82, 2.24) is 0 Å².